The van der Waals surface area contributed by atoms with Gasteiger partial charge in [0.1, 0.15) is 0 Å². The Bertz CT molecular complexity index is 8.00. The van der Waals surface area contributed by atoms with E-state index in [1.54, 1.807) is 0 Å². The summed E-state index contributed by atoms with van der Waals surface area (Å²) in [6, 6.07) is 0. The van der Waals surface area contributed by atoms with Crippen molar-refractivity contribution in [2.75, 3.05) is 0 Å². The fraction of sp³-hybridized carbons (Fsp3) is 0. The van der Waals surface area contributed by atoms with Gasteiger partial charge in [-0.15, -0.1) is 0 Å². The third kappa shape index (κ3) is 9.36. The van der Waals surface area contributed by atoms with E-state index in [9.17, 15) is 0 Å². The van der Waals surface area contributed by atoms with Gasteiger partial charge in [-0.3, -0.25) is 0 Å². The first kappa shape index (κ1) is 44.0. The molecule has 0 nitrogen and oxygen atoms in total. The summed E-state index contributed by atoms with van der Waals surface area (Å²) >= 11 is 0. The first-order valence-electron chi connectivity index (χ1n) is 0. The quantitative estimate of drug-likeness (QED) is 0.288. The van der Waals surface area contributed by atoms with E-state index in [0.29, 0.717) is 0 Å². The molecule has 0 aliphatic carbocycles. The van der Waals surface area contributed by atoms with Crippen LogP contribution in [0.3, 0.4) is 0 Å². The molecule has 0 aliphatic rings. The van der Waals surface area contributed by atoms with Crippen molar-refractivity contribution in [3.63, 3.8) is 0 Å². The summed E-state index contributed by atoms with van der Waals surface area (Å²) in [5.74, 6) is 0. The minimum Gasteiger partial charge on any atom is 0 e. The average molecular weight is 92.4 g/mol. The summed E-state index contributed by atoms with van der Waals surface area (Å²) in [6.45, 7) is 0. The molecule has 0 atom stereocenters. The van der Waals surface area contributed by atoms with Crippen molar-refractivity contribution < 1.29 is 0 Å². The fourth-order valence-electron chi connectivity index (χ4n) is 0. The van der Waals surface area contributed by atoms with Crippen LogP contribution in [0.25, 0.3) is 0 Å². The third-order valence-corrected chi connectivity index (χ3v) is 0. The van der Waals surface area contributed by atoms with Crippen LogP contribution in [-0.4, -0.2) is 61.5 Å². The second-order valence-electron chi connectivity index (χ2n) is 0. The zero-order chi connectivity index (χ0) is 0. The maximum absolute atomic E-state index is 0. The largest absolute Gasteiger partial charge is 0.316 e. The van der Waals surface area contributed by atoms with E-state index in [1.807, 2.05) is 0 Å². The van der Waals surface area contributed by atoms with Crippen LogP contribution >= 0.6 is 0 Å². The topological polar surface area (TPSA) is 0 Å². The molecule has 15 valence electrons. The molecule has 0 amide bonds. The molecule has 0 aromatic carbocycles. The maximum Gasteiger partial charge on any atom is 0.316 e. The first-order chi connectivity index (χ1) is 0. The predicted octanol–water partition coefficient (Wildman–Crippen LogP) is -2.59. The normalized spacial score (nSPS) is 0. The molecule has 0 aromatic heterocycles. The minimum absolute atomic E-state index is 0. The van der Waals surface area contributed by atoms with Gasteiger partial charge in [0.2, 0.25) is 0 Å². The van der Waals surface area contributed by atoms with E-state index in [0.717, 1.165) is 0 Å². The van der Waals surface area contributed by atoms with Crippen molar-refractivity contribution in [1.82, 2.24) is 0 Å². The Balaban J connectivity index is 0. The van der Waals surface area contributed by atoms with E-state index in [2.05, 4.69) is 0 Å². The zero-order valence-corrected chi connectivity index (χ0v) is 3.23. The van der Waals surface area contributed by atoms with Crippen LogP contribution in [0.4, 0.5) is 0 Å². The summed E-state index contributed by atoms with van der Waals surface area (Å²) in [6.07, 6.45) is 0. The first-order valence-corrected chi connectivity index (χ1v) is 0. The van der Waals surface area contributed by atoms with Crippen molar-refractivity contribution in [3.8, 4) is 0 Å². The molecule has 0 saturated heterocycles. The molecular weight excluding hydrogens is 88.4 g/mol. The Morgan fingerprint density at radius 3 is 1.00 bits per heavy atom. The van der Waals surface area contributed by atoms with Crippen LogP contribution in [0.5, 0.6) is 0 Å². The van der Waals surface area contributed by atoms with Crippen LogP contribution < -0.4 is 0 Å². The number of rotatable bonds is 0. The molecular formula is H4AlBeMgSi. The van der Waals surface area contributed by atoms with Gasteiger partial charge in [0.05, 0.1) is 0 Å². The van der Waals surface area contributed by atoms with E-state index in [1.165, 1.54) is 0 Å². The Morgan fingerprint density at radius 2 is 1.00 bits per heavy atom. The van der Waals surface area contributed by atoms with E-state index in [-0.39, 0.29) is 61.5 Å². The van der Waals surface area contributed by atoms with Gasteiger partial charge in [-0.1, -0.05) is 0 Å². The average Bonchev–Trinajstić information content (AvgIpc) is 0. The maximum atomic E-state index is 0. The van der Waals surface area contributed by atoms with E-state index >= 15 is 0 Å². The van der Waals surface area contributed by atoms with Crippen LogP contribution in [0.15, 0.2) is 0 Å². The van der Waals surface area contributed by atoms with Crippen molar-refractivity contribution in [2.45, 2.75) is 0 Å². The summed E-state index contributed by atoms with van der Waals surface area (Å²) < 4.78 is 0. The predicted molar refractivity (Wildman–Crippen MR) is 28.6 cm³/mol. The molecule has 0 rings (SSSR count). The van der Waals surface area contributed by atoms with Crippen LogP contribution in [0.1, 0.15) is 0 Å². The second-order valence-corrected chi connectivity index (χ2v) is 0. The van der Waals surface area contributed by atoms with Gasteiger partial charge >= 0.3 is 33.2 Å². The van der Waals surface area contributed by atoms with Gasteiger partial charge < -0.3 is 0 Å². The Kier molecular flexibility index (Phi) is 246. The van der Waals surface area contributed by atoms with Gasteiger partial charge in [-0.2, -0.15) is 0 Å². The van der Waals surface area contributed by atoms with Crippen molar-refractivity contribution in [3.05, 3.63) is 0 Å². The molecule has 7 radical (unpaired) electrons. The molecule has 0 unspecified atom stereocenters. The van der Waals surface area contributed by atoms with Gasteiger partial charge in [0.25, 0.3) is 0 Å². The Labute approximate surface area is 61.2 Å². The van der Waals surface area contributed by atoms with Crippen LogP contribution in [0, 0.1) is 0 Å². The fourth-order valence-corrected chi connectivity index (χ4v) is 0. The van der Waals surface area contributed by atoms with Crippen molar-refractivity contribution >= 4 is 61.5 Å². The Morgan fingerprint density at radius 1 is 1.00 bits per heavy atom. The van der Waals surface area contributed by atoms with Crippen LogP contribution in [0.2, 0.25) is 0 Å². The van der Waals surface area contributed by atoms with Gasteiger partial charge in [0.15, 0.2) is 0 Å². The number of hydrogen-bond donors (Lipinski definition) is 0. The molecule has 0 heterocycles. The van der Waals surface area contributed by atoms with Crippen LogP contribution in [-0.2, 0) is 0 Å². The summed E-state index contributed by atoms with van der Waals surface area (Å²) in [7, 11) is 0. The van der Waals surface area contributed by atoms with Crippen molar-refractivity contribution in [1.29, 1.82) is 0 Å². The Hall–Kier alpha value is 1.68. The molecule has 0 bridgehead atoms. The molecule has 0 saturated carbocycles. The molecule has 0 spiro atoms. The van der Waals surface area contributed by atoms with Crippen molar-refractivity contribution in [2.24, 2.45) is 0 Å². The van der Waals surface area contributed by atoms with Gasteiger partial charge in [-0.05, 0) is 0 Å². The molecule has 0 aromatic rings. The van der Waals surface area contributed by atoms with Gasteiger partial charge in [0, 0.05) is 28.3 Å². The molecule has 0 fully saturated rings. The summed E-state index contributed by atoms with van der Waals surface area (Å²) in [5, 5.41) is 0. The summed E-state index contributed by atoms with van der Waals surface area (Å²) in [4.78, 5) is 0. The second kappa shape index (κ2) is 22.4. The SMILES string of the molecule is [Al].[BeH2].[MgH2].[Si]. The zero-order valence-electron chi connectivity index (χ0n) is 1.08. The minimum atomic E-state index is 0. The summed E-state index contributed by atoms with van der Waals surface area (Å²) in [5.41, 5.74) is 0. The van der Waals surface area contributed by atoms with E-state index in [4.69, 9.17) is 0 Å². The third-order valence-electron chi connectivity index (χ3n) is 0. The molecule has 0 aliphatic heterocycles. The smallest absolute Gasteiger partial charge is 0 e. The van der Waals surface area contributed by atoms with E-state index < -0.39 is 0 Å². The standard InChI is InChI=1S/Al.Be.Mg.Si.4H. The number of hydrogen-bond acceptors (Lipinski definition) is 0. The monoisotopic (exact) mass is 92.0 g/mol. The molecule has 4 heteroatoms. The van der Waals surface area contributed by atoms with Gasteiger partial charge in [-0.25, -0.2) is 0 Å². The molecule has 0 N–H and O–H groups in total. The molecule has 4 heavy (non-hydrogen) atoms.